The first-order valence-corrected chi connectivity index (χ1v) is 5.79. The summed E-state index contributed by atoms with van der Waals surface area (Å²) in [7, 11) is 0. The molecule has 0 fully saturated rings. The van der Waals surface area contributed by atoms with Crippen molar-refractivity contribution in [3.63, 3.8) is 0 Å². The third kappa shape index (κ3) is 2.61. The van der Waals surface area contributed by atoms with Crippen LogP contribution in [0.3, 0.4) is 0 Å². The lowest BCUT2D eigenvalue weighted by Crippen LogP contribution is -2.28. The number of phenolic OH excluding ortho intramolecular Hbond substituents is 1. The van der Waals surface area contributed by atoms with Gasteiger partial charge in [0.25, 0.3) is 0 Å². The molecule has 18 heavy (non-hydrogen) atoms. The Labute approximate surface area is 106 Å². The number of hydrogen-bond donors (Lipinski definition) is 4. The predicted molar refractivity (Wildman–Crippen MR) is 73.0 cm³/mol. The summed E-state index contributed by atoms with van der Waals surface area (Å²) in [5, 5.41) is 12.6. The summed E-state index contributed by atoms with van der Waals surface area (Å²) in [5.74, 6) is 0.163. The molecule has 4 heteroatoms. The normalized spacial score (nSPS) is 12.3. The van der Waals surface area contributed by atoms with E-state index in [1.165, 1.54) is 0 Å². The van der Waals surface area contributed by atoms with Gasteiger partial charge in [0.15, 0.2) is 0 Å². The van der Waals surface area contributed by atoms with Crippen molar-refractivity contribution in [1.82, 2.24) is 5.32 Å². The topological polar surface area (TPSA) is 84.3 Å². The minimum absolute atomic E-state index is 0.0724. The average Bonchev–Trinajstić information content (AvgIpc) is 2.38. The van der Waals surface area contributed by atoms with Crippen molar-refractivity contribution < 1.29 is 5.11 Å². The van der Waals surface area contributed by atoms with Gasteiger partial charge in [0, 0.05) is 18.4 Å². The molecule has 0 bridgehead atoms. The Morgan fingerprint density at radius 2 is 1.83 bits per heavy atom. The van der Waals surface area contributed by atoms with E-state index in [1.807, 2.05) is 36.4 Å². The van der Waals surface area contributed by atoms with Crippen molar-refractivity contribution in [2.75, 3.05) is 12.4 Å². The largest absolute Gasteiger partial charge is 0.508 e. The number of phenols is 1. The fourth-order valence-electron chi connectivity index (χ4n) is 2.00. The summed E-state index contributed by atoms with van der Waals surface area (Å²) >= 11 is 0. The highest BCUT2D eigenvalue weighted by Crippen LogP contribution is 2.28. The van der Waals surface area contributed by atoms with E-state index in [2.05, 4.69) is 5.32 Å². The number of nitrogens with one attached hydrogen (secondary N) is 1. The zero-order chi connectivity index (χ0) is 13.0. The Balaban J connectivity index is 2.41. The maximum atomic E-state index is 9.39. The molecule has 2 rings (SSSR count). The number of anilines is 1. The second kappa shape index (κ2) is 5.53. The van der Waals surface area contributed by atoms with Crippen LogP contribution in [0, 0.1) is 0 Å². The summed E-state index contributed by atoms with van der Waals surface area (Å²) in [4.78, 5) is 0. The lowest BCUT2D eigenvalue weighted by atomic mass is 9.97. The Morgan fingerprint density at radius 3 is 2.44 bits per heavy atom. The molecule has 0 heterocycles. The van der Waals surface area contributed by atoms with Crippen LogP contribution < -0.4 is 16.8 Å². The Hall–Kier alpha value is -2.04. The molecular weight excluding hydrogens is 226 g/mol. The maximum absolute atomic E-state index is 9.39. The van der Waals surface area contributed by atoms with E-state index in [1.54, 1.807) is 12.1 Å². The SMILES string of the molecule is NCNC(c1ccccc1)c1ccc(O)cc1N. The molecule has 2 aromatic carbocycles. The summed E-state index contributed by atoms with van der Waals surface area (Å²) in [5.41, 5.74) is 14.1. The molecule has 0 amide bonds. The van der Waals surface area contributed by atoms with Gasteiger partial charge in [0.1, 0.15) is 5.75 Å². The molecular formula is C14H17N3O. The molecule has 0 radical (unpaired) electrons. The highest BCUT2D eigenvalue weighted by Gasteiger charge is 2.15. The summed E-state index contributed by atoms with van der Waals surface area (Å²) in [6.07, 6.45) is 0. The zero-order valence-corrected chi connectivity index (χ0v) is 10.0. The molecule has 1 unspecified atom stereocenters. The van der Waals surface area contributed by atoms with Crippen molar-refractivity contribution in [3.8, 4) is 5.75 Å². The first-order valence-electron chi connectivity index (χ1n) is 5.79. The fraction of sp³-hybridized carbons (Fsp3) is 0.143. The number of aromatic hydroxyl groups is 1. The second-order valence-electron chi connectivity index (χ2n) is 4.07. The van der Waals surface area contributed by atoms with E-state index in [0.29, 0.717) is 12.4 Å². The molecule has 0 aromatic heterocycles. The Kier molecular flexibility index (Phi) is 3.82. The number of nitrogens with two attached hydrogens (primary N) is 2. The van der Waals surface area contributed by atoms with Crippen molar-refractivity contribution in [3.05, 3.63) is 59.7 Å². The molecule has 94 valence electrons. The molecule has 6 N–H and O–H groups in total. The molecule has 0 spiro atoms. The molecule has 0 aliphatic carbocycles. The highest BCUT2D eigenvalue weighted by atomic mass is 16.3. The van der Waals surface area contributed by atoms with Crippen LogP contribution >= 0.6 is 0 Å². The number of rotatable bonds is 4. The lowest BCUT2D eigenvalue weighted by molar-refractivity contribution is 0.475. The summed E-state index contributed by atoms with van der Waals surface area (Å²) in [6, 6.07) is 14.8. The lowest BCUT2D eigenvalue weighted by Gasteiger charge is -2.20. The zero-order valence-electron chi connectivity index (χ0n) is 10.0. The van der Waals surface area contributed by atoms with Gasteiger partial charge in [-0.05, 0) is 17.2 Å². The van der Waals surface area contributed by atoms with E-state index in [9.17, 15) is 5.11 Å². The fourth-order valence-corrected chi connectivity index (χ4v) is 2.00. The van der Waals surface area contributed by atoms with E-state index in [0.717, 1.165) is 11.1 Å². The van der Waals surface area contributed by atoms with E-state index < -0.39 is 0 Å². The first-order chi connectivity index (χ1) is 8.72. The van der Waals surface area contributed by atoms with Gasteiger partial charge in [-0.1, -0.05) is 36.4 Å². The van der Waals surface area contributed by atoms with Crippen molar-refractivity contribution >= 4 is 5.69 Å². The number of nitrogen functional groups attached to an aromatic ring is 1. The van der Waals surface area contributed by atoms with Gasteiger partial charge in [-0.15, -0.1) is 0 Å². The molecule has 4 nitrogen and oxygen atoms in total. The van der Waals surface area contributed by atoms with Gasteiger partial charge >= 0.3 is 0 Å². The predicted octanol–water partition coefficient (Wildman–Crippen LogP) is 1.57. The van der Waals surface area contributed by atoms with Crippen LogP contribution in [0.1, 0.15) is 17.2 Å². The van der Waals surface area contributed by atoms with Crippen LogP contribution in [0.15, 0.2) is 48.5 Å². The monoisotopic (exact) mass is 243 g/mol. The second-order valence-corrected chi connectivity index (χ2v) is 4.07. The van der Waals surface area contributed by atoms with Crippen molar-refractivity contribution in [1.29, 1.82) is 0 Å². The average molecular weight is 243 g/mol. The molecule has 0 saturated carbocycles. The first kappa shape index (κ1) is 12.4. The Morgan fingerprint density at radius 1 is 1.11 bits per heavy atom. The van der Waals surface area contributed by atoms with Crippen molar-refractivity contribution in [2.24, 2.45) is 5.73 Å². The van der Waals surface area contributed by atoms with Gasteiger partial charge < -0.3 is 16.6 Å². The molecule has 0 aliphatic heterocycles. The molecule has 1 atom stereocenters. The van der Waals surface area contributed by atoms with Crippen LogP contribution in [0.4, 0.5) is 5.69 Å². The standard InChI is InChI=1S/C14H17N3O/c15-9-17-14(10-4-2-1-3-5-10)12-7-6-11(18)8-13(12)16/h1-8,14,17-18H,9,15-16H2. The third-order valence-electron chi connectivity index (χ3n) is 2.84. The van der Waals surface area contributed by atoms with Crippen LogP contribution in [-0.2, 0) is 0 Å². The Bertz CT molecular complexity index is 514. The van der Waals surface area contributed by atoms with E-state index in [4.69, 9.17) is 11.5 Å². The minimum atomic E-state index is -0.0724. The number of hydrogen-bond acceptors (Lipinski definition) is 4. The van der Waals surface area contributed by atoms with Crippen LogP contribution in [0.25, 0.3) is 0 Å². The van der Waals surface area contributed by atoms with Crippen LogP contribution in [0.5, 0.6) is 5.75 Å². The van der Waals surface area contributed by atoms with Gasteiger partial charge in [0.05, 0.1) is 6.04 Å². The van der Waals surface area contributed by atoms with Crippen LogP contribution in [-0.4, -0.2) is 11.8 Å². The highest BCUT2D eigenvalue weighted by molar-refractivity contribution is 5.54. The third-order valence-corrected chi connectivity index (χ3v) is 2.84. The van der Waals surface area contributed by atoms with Gasteiger partial charge in [0.2, 0.25) is 0 Å². The maximum Gasteiger partial charge on any atom is 0.117 e. The van der Waals surface area contributed by atoms with Gasteiger partial charge in [-0.2, -0.15) is 0 Å². The molecule has 0 saturated heterocycles. The number of benzene rings is 2. The van der Waals surface area contributed by atoms with Gasteiger partial charge in [-0.25, -0.2) is 0 Å². The van der Waals surface area contributed by atoms with E-state index >= 15 is 0 Å². The molecule has 0 aliphatic rings. The summed E-state index contributed by atoms with van der Waals surface area (Å²) < 4.78 is 0. The molecule has 2 aromatic rings. The van der Waals surface area contributed by atoms with Gasteiger partial charge in [-0.3, -0.25) is 5.32 Å². The van der Waals surface area contributed by atoms with Crippen LogP contribution in [0.2, 0.25) is 0 Å². The van der Waals surface area contributed by atoms with E-state index in [-0.39, 0.29) is 11.8 Å². The minimum Gasteiger partial charge on any atom is -0.508 e. The smallest absolute Gasteiger partial charge is 0.117 e. The summed E-state index contributed by atoms with van der Waals surface area (Å²) in [6.45, 7) is 0.347. The van der Waals surface area contributed by atoms with Crippen molar-refractivity contribution in [2.45, 2.75) is 6.04 Å². The quantitative estimate of drug-likeness (QED) is 0.485.